The van der Waals surface area contributed by atoms with E-state index < -0.39 is 0 Å². The largest absolute Gasteiger partial charge is 0.489 e. The first-order valence-electron chi connectivity index (χ1n) is 11.0. The summed E-state index contributed by atoms with van der Waals surface area (Å²) in [4.78, 5) is 13.6. The van der Waals surface area contributed by atoms with Crippen molar-refractivity contribution in [2.24, 2.45) is 0 Å². The average Bonchev–Trinajstić information content (AvgIpc) is 3.25. The zero-order valence-electron chi connectivity index (χ0n) is 19.1. The highest BCUT2D eigenvalue weighted by Gasteiger charge is 2.25. The van der Waals surface area contributed by atoms with Gasteiger partial charge in [0, 0.05) is 11.8 Å². The van der Waals surface area contributed by atoms with Crippen LogP contribution < -0.4 is 4.74 Å². The molecular formula is C27H20Cl2N4O2S. The molecule has 180 valence electrons. The van der Waals surface area contributed by atoms with Crippen molar-refractivity contribution in [1.82, 2.24) is 19.7 Å². The summed E-state index contributed by atoms with van der Waals surface area (Å²) in [7, 11) is 0. The maximum atomic E-state index is 11.4. The first-order valence-corrected chi connectivity index (χ1v) is 12.9. The van der Waals surface area contributed by atoms with Gasteiger partial charge in [-0.1, -0.05) is 83.5 Å². The molecule has 0 amide bonds. The van der Waals surface area contributed by atoms with Crippen LogP contribution in [0, 0.1) is 0 Å². The zero-order valence-corrected chi connectivity index (χ0v) is 21.4. The van der Waals surface area contributed by atoms with Crippen LogP contribution in [-0.2, 0) is 6.61 Å². The van der Waals surface area contributed by atoms with Gasteiger partial charge in [0.1, 0.15) is 23.7 Å². The molecule has 2 heterocycles. The molecule has 36 heavy (non-hydrogen) atoms. The van der Waals surface area contributed by atoms with Crippen molar-refractivity contribution < 1.29 is 9.94 Å². The molecule has 0 saturated carbocycles. The van der Waals surface area contributed by atoms with Gasteiger partial charge in [-0.3, -0.25) is 0 Å². The van der Waals surface area contributed by atoms with Crippen LogP contribution in [0.5, 0.6) is 5.75 Å². The Bertz CT molecular complexity index is 1510. The highest BCUT2D eigenvalue weighted by atomic mass is 35.5. The monoisotopic (exact) mass is 534 g/mol. The number of benzene rings is 3. The molecule has 6 nitrogen and oxygen atoms in total. The predicted molar refractivity (Wildman–Crippen MR) is 144 cm³/mol. The van der Waals surface area contributed by atoms with Crippen LogP contribution in [0.15, 0.2) is 90.2 Å². The Hall–Kier alpha value is -3.52. The number of nitrogens with zero attached hydrogens (tertiary/aromatic N) is 4. The smallest absolute Gasteiger partial charge is 0.187 e. The Morgan fingerprint density at radius 3 is 2.42 bits per heavy atom. The molecular weight excluding hydrogens is 515 g/mol. The summed E-state index contributed by atoms with van der Waals surface area (Å²) < 4.78 is 7.01. The zero-order chi connectivity index (χ0) is 25.1. The molecule has 0 fully saturated rings. The minimum absolute atomic E-state index is 0.204. The summed E-state index contributed by atoms with van der Waals surface area (Å²) in [5.74, 6) is 0.870. The SMILES string of the molecule is CSc1nccc(-c2c(-c3cccc(OCc4ccccc4)c3)nc(-c3c(Cl)cccc3Cl)n2O)n1. The minimum Gasteiger partial charge on any atom is -0.489 e. The van der Waals surface area contributed by atoms with Crippen molar-refractivity contribution in [3.8, 4) is 39.8 Å². The minimum atomic E-state index is 0.204. The number of imidazole rings is 1. The van der Waals surface area contributed by atoms with E-state index in [9.17, 15) is 5.21 Å². The highest BCUT2D eigenvalue weighted by Crippen LogP contribution is 2.40. The van der Waals surface area contributed by atoms with Crippen LogP contribution >= 0.6 is 35.0 Å². The van der Waals surface area contributed by atoms with Crippen LogP contribution in [-0.4, -0.2) is 31.1 Å². The van der Waals surface area contributed by atoms with Gasteiger partial charge < -0.3 is 9.94 Å². The van der Waals surface area contributed by atoms with E-state index in [1.165, 1.54) is 11.8 Å². The lowest BCUT2D eigenvalue weighted by Gasteiger charge is -2.09. The van der Waals surface area contributed by atoms with Crippen LogP contribution in [0.3, 0.4) is 0 Å². The average molecular weight is 535 g/mol. The number of rotatable bonds is 7. The maximum absolute atomic E-state index is 11.4. The lowest BCUT2D eigenvalue weighted by atomic mass is 10.1. The number of ether oxygens (including phenoxy) is 1. The van der Waals surface area contributed by atoms with E-state index in [4.69, 9.17) is 32.9 Å². The molecule has 0 aliphatic heterocycles. The van der Waals surface area contributed by atoms with Gasteiger partial charge in [0.15, 0.2) is 11.0 Å². The van der Waals surface area contributed by atoms with Gasteiger partial charge in [-0.05, 0) is 42.2 Å². The molecule has 9 heteroatoms. The molecule has 0 unspecified atom stereocenters. The van der Waals surface area contributed by atoms with Crippen molar-refractivity contribution in [2.75, 3.05) is 6.26 Å². The normalized spacial score (nSPS) is 11.0. The lowest BCUT2D eigenvalue weighted by molar-refractivity contribution is 0.195. The molecule has 0 saturated heterocycles. The Morgan fingerprint density at radius 2 is 1.67 bits per heavy atom. The van der Waals surface area contributed by atoms with Crippen LogP contribution in [0.1, 0.15) is 5.56 Å². The van der Waals surface area contributed by atoms with Crippen LogP contribution in [0.4, 0.5) is 0 Å². The first-order chi connectivity index (χ1) is 17.5. The first kappa shape index (κ1) is 24.2. The second-order valence-electron chi connectivity index (χ2n) is 7.77. The quantitative estimate of drug-likeness (QED) is 0.132. The maximum Gasteiger partial charge on any atom is 0.187 e. The Kier molecular flexibility index (Phi) is 7.13. The number of aromatic nitrogens is 4. The third-order valence-corrected chi connectivity index (χ3v) is 6.65. The summed E-state index contributed by atoms with van der Waals surface area (Å²) in [6, 6.07) is 24.3. The third-order valence-electron chi connectivity index (χ3n) is 5.46. The Morgan fingerprint density at radius 1 is 0.917 bits per heavy atom. The molecule has 1 N–H and O–H groups in total. The van der Waals surface area contributed by atoms with Gasteiger partial charge in [-0.25, -0.2) is 15.0 Å². The standard InChI is InChI=1S/C27H20Cl2N4O2S/c1-36-27-30-14-13-22(31-27)25-24(32-26(33(25)34)23-20(28)11-6-12-21(23)29)18-9-5-10-19(15-18)35-16-17-7-3-2-4-8-17/h2-15,34H,16H2,1H3. The van der Waals surface area contributed by atoms with Crippen LogP contribution in [0.25, 0.3) is 34.0 Å². The van der Waals surface area contributed by atoms with Crippen molar-refractivity contribution >= 4 is 35.0 Å². The Balaban J connectivity index is 1.64. The van der Waals surface area contributed by atoms with E-state index >= 15 is 0 Å². The summed E-state index contributed by atoms with van der Waals surface area (Å²) in [5, 5.41) is 12.7. The molecule has 5 aromatic rings. The van der Waals surface area contributed by atoms with Crippen LogP contribution in [0.2, 0.25) is 10.0 Å². The number of hydrogen-bond donors (Lipinski definition) is 1. The van der Waals surface area contributed by atoms with Gasteiger partial charge in [0.2, 0.25) is 0 Å². The fourth-order valence-electron chi connectivity index (χ4n) is 3.76. The molecule has 3 aromatic carbocycles. The van der Waals surface area contributed by atoms with E-state index in [1.54, 1.807) is 30.5 Å². The van der Waals surface area contributed by atoms with Crippen molar-refractivity contribution in [2.45, 2.75) is 11.8 Å². The van der Waals surface area contributed by atoms with E-state index in [2.05, 4.69) is 9.97 Å². The van der Waals surface area contributed by atoms with E-state index in [0.717, 1.165) is 15.9 Å². The van der Waals surface area contributed by atoms with Crippen molar-refractivity contribution in [3.05, 3.63) is 101 Å². The van der Waals surface area contributed by atoms with Crippen molar-refractivity contribution in [3.63, 3.8) is 0 Å². The van der Waals surface area contributed by atoms with Gasteiger partial charge >= 0.3 is 0 Å². The number of thioether (sulfide) groups is 1. The fourth-order valence-corrected chi connectivity index (χ4v) is 4.68. The van der Waals surface area contributed by atoms with Gasteiger partial charge in [-0.2, -0.15) is 4.73 Å². The van der Waals surface area contributed by atoms with Gasteiger partial charge in [0.25, 0.3) is 0 Å². The van der Waals surface area contributed by atoms with Gasteiger partial charge in [0.05, 0.1) is 21.3 Å². The van der Waals surface area contributed by atoms with Crippen molar-refractivity contribution in [1.29, 1.82) is 0 Å². The summed E-state index contributed by atoms with van der Waals surface area (Å²) in [6.07, 6.45) is 3.53. The molecule has 0 atom stereocenters. The molecule has 0 aliphatic carbocycles. The van der Waals surface area contributed by atoms with E-state index in [1.807, 2.05) is 60.9 Å². The lowest BCUT2D eigenvalue weighted by Crippen LogP contribution is -2.00. The molecule has 0 aliphatic rings. The third kappa shape index (κ3) is 4.91. The number of hydrogen-bond acceptors (Lipinski definition) is 6. The topological polar surface area (TPSA) is 73.1 Å². The highest BCUT2D eigenvalue weighted by molar-refractivity contribution is 7.98. The molecule has 0 radical (unpaired) electrons. The molecule has 0 spiro atoms. The Labute approximate surface area is 222 Å². The molecule has 5 rings (SSSR count). The summed E-state index contributed by atoms with van der Waals surface area (Å²) >= 11 is 14.3. The molecule has 2 aromatic heterocycles. The van der Waals surface area contributed by atoms with Gasteiger partial charge in [-0.15, -0.1) is 0 Å². The fraction of sp³-hybridized carbons (Fsp3) is 0.0741. The van der Waals surface area contributed by atoms with E-state index in [-0.39, 0.29) is 5.82 Å². The second kappa shape index (κ2) is 10.6. The predicted octanol–water partition coefficient (Wildman–Crippen LogP) is 7.52. The van der Waals surface area contributed by atoms with E-state index in [0.29, 0.717) is 50.2 Å². The second-order valence-corrected chi connectivity index (χ2v) is 9.36. The summed E-state index contributed by atoms with van der Waals surface area (Å²) in [5.41, 5.74) is 3.61. The summed E-state index contributed by atoms with van der Waals surface area (Å²) in [6.45, 7) is 0.426. The number of halogens is 2. The molecule has 0 bridgehead atoms.